The maximum Gasteiger partial charge on any atom is 0.243 e. The molecule has 2 amide bonds. The van der Waals surface area contributed by atoms with Gasteiger partial charge in [0.25, 0.3) is 0 Å². The fourth-order valence-electron chi connectivity index (χ4n) is 3.98. The van der Waals surface area contributed by atoms with E-state index in [0.717, 1.165) is 6.26 Å². The van der Waals surface area contributed by atoms with Crippen molar-refractivity contribution >= 4 is 50.7 Å². The summed E-state index contributed by atoms with van der Waals surface area (Å²) in [5, 5.41) is 3.81. The average Bonchev–Trinajstić information content (AvgIpc) is 2.81. The van der Waals surface area contributed by atoms with E-state index in [2.05, 4.69) is 5.32 Å². The van der Waals surface area contributed by atoms with E-state index in [1.807, 2.05) is 27.7 Å². The van der Waals surface area contributed by atoms with Gasteiger partial charge in [-0.1, -0.05) is 42.3 Å². The molecule has 0 bridgehead atoms. The van der Waals surface area contributed by atoms with Gasteiger partial charge >= 0.3 is 0 Å². The molecule has 210 valence electrons. The minimum Gasteiger partial charge on any atom is -0.497 e. The van der Waals surface area contributed by atoms with Gasteiger partial charge in [-0.3, -0.25) is 13.9 Å². The smallest absolute Gasteiger partial charge is 0.243 e. The molecule has 0 saturated heterocycles. The maximum absolute atomic E-state index is 13.6. The lowest BCUT2D eigenvalue weighted by atomic mass is 10.0. The van der Waals surface area contributed by atoms with Gasteiger partial charge in [0, 0.05) is 41.2 Å². The first kappa shape index (κ1) is 31.7. The van der Waals surface area contributed by atoms with E-state index in [4.69, 9.17) is 27.9 Å². The number of carbonyl (C=O) groups is 2. The molecule has 0 saturated carbocycles. The lowest BCUT2D eigenvalue weighted by Gasteiger charge is -2.33. The minimum atomic E-state index is -3.62. The van der Waals surface area contributed by atoms with Crippen molar-refractivity contribution in [2.75, 3.05) is 24.2 Å². The van der Waals surface area contributed by atoms with E-state index < -0.39 is 21.6 Å². The van der Waals surface area contributed by atoms with E-state index in [1.165, 1.54) is 16.3 Å². The summed E-state index contributed by atoms with van der Waals surface area (Å²) in [4.78, 5) is 28.2. The highest BCUT2D eigenvalue weighted by Gasteiger charge is 2.31. The van der Waals surface area contributed by atoms with Crippen LogP contribution in [0, 0.1) is 0 Å². The van der Waals surface area contributed by atoms with Gasteiger partial charge in [0.2, 0.25) is 21.8 Å². The Morgan fingerprint density at radius 1 is 1.11 bits per heavy atom. The summed E-state index contributed by atoms with van der Waals surface area (Å²) in [7, 11) is -2.11. The molecule has 8 nitrogen and oxygen atoms in total. The van der Waals surface area contributed by atoms with Crippen molar-refractivity contribution in [2.24, 2.45) is 0 Å². The van der Waals surface area contributed by atoms with E-state index in [1.54, 1.807) is 42.5 Å². The van der Waals surface area contributed by atoms with Gasteiger partial charge in [-0.2, -0.15) is 0 Å². The molecule has 0 aliphatic rings. The molecule has 11 heteroatoms. The number of halogens is 2. The number of hydrogen-bond donors (Lipinski definition) is 1. The van der Waals surface area contributed by atoms with Crippen molar-refractivity contribution in [3.63, 3.8) is 0 Å². The number of ether oxygens (including phenoxy) is 1. The predicted octanol–water partition coefficient (Wildman–Crippen LogP) is 5.27. The number of sulfonamides is 1. The first-order valence-corrected chi connectivity index (χ1v) is 14.9. The third-order valence-electron chi connectivity index (χ3n) is 5.73. The van der Waals surface area contributed by atoms with Crippen LogP contribution in [0.3, 0.4) is 0 Å². The Morgan fingerprint density at radius 2 is 1.79 bits per heavy atom. The molecule has 0 heterocycles. The molecule has 2 aromatic rings. The van der Waals surface area contributed by atoms with Gasteiger partial charge in [-0.05, 0) is 63.4 Å². The predicted molar refractivity (Wildman–Crippen MR) is 153 cm³/mol. The first-order chi connectivity index (χ1) is 17.7. The van der Waals surface area contributed by atoms with E-state index in [0.29, 0.717) is 33.5 Å². The van der Waals surface area contributed by atoms with Crippen LogP contribution in [0.4, 0.5) is 5.69 Å². The van der Waals surface area contributed by atoms with E-state index >= 15 is 0 Å². The number of hydrogen-bond acceptors (Lipinski definition) is 5. The van der Waals surface area contributed by atoms with Crippen LogP contribution in [0.15, 0.2) is 42.5 Å². The summed E-state index contributed by atoms with van der Waals surface area (Å²) in [6.07, 6.45) is 1.77. The fourth-order valence-corrected chi connectivity index (χ4v) is 5.40. The van der Waals surface area contributed by atoms with Crippen LogP contribution in [-0.2, 0) is 26.2 Å². The second-order valence-corrected chi connectivity index (χ2v) is 12.8. The number of anilines is 1. The Bertz CT molecular complexity index is 1230. The summed E-state index contributed by atoms with van der Waals surface area (Å²) >= 11 is 12.4. The Morgan fingerprint density at radius 3 is 2.34 bits per heavy atom. The van der Waals surface area contributed by atoms with Crippen LogP contribution in [-0.4, -0.2) is 56.6 Å². The molecular formula is C27H37Cl2N3O5S. The lowest BCUT2D eigenvalue weighted by Crippen LogP contribution is -2.53. The first-order valence-electron chi connectivity index (χ1n) is 12.3. The summed E-state index contributed by atoms with van der Waals surface area (Å²) < 4.78 is 31.5. The standard InChI is InChI=1S/C27H37Cl2N3O5S/c1-7-24(26(34)30-27(2,3)4)31(18-19-13-14-20(28)16-23(19)29)25(33)12-9-15-32(38(6,35)36)21-10-8-11-22(17-21)37-5/h8,10-11,13-14,16-17,24H,7,9,12,15,18H2,1-6H3,(H,30,34)/t24-/m0/s1. The highest BCUT2D eigenvalue weighted by atomic mass is 35.5. The zero-order chi connectivity index (χ0) is 28.7. The normalized spacial score (nSPS) is 12.5. The van der Waals surface area contributed by atoms with Crippen molar-refractivity contribution < 1.29 is 22.7 Å². The van der Waals surface area contributed by atoms with Gasteiger partial charge in [-0.15, -0.1) is 0 Å². The quantitative estimate of drug-likeness (QED) is 0.366. The van der Waals surface area contributed by atoms with Gasteiger partial charge in [-0.25, -0.2) is 8.42 Å². The number of methoxy groups -OCH3 is 1. The van der Waals surface area contributed by atoms with Crippen LogP contribution in [0.1, 0.15) is 52.5 Å². The fraction of sp³-hybridized carbons (Fsp3) is 0.481. The Balaban J connectivity index is 2.29. The van der Waals surface area contributed by atoms with Crippen LogP contribution >= 0.6 is 23.2 Å². The summed E-state index contributed by atoms with van der Waals surface area (Å²) in [5.74, 6) is -0.0347. The number of benzene rings is 2. The molecular weight excluding hydrogens is 549 g/mol. The van der Waals surface area contributed by atoms with Crippen molar-refractivity contribution in [1.29, 1.82) is 0 Å². The molecule has 0 unspecified atom stereocenters. The zero-order valence-corrected chi connectivity index (χ0v) is 25.1. The summed E-state index contributed by atoms with van der Waals surface area (Å²) in [6.45, 7) is 7.65. The van der Waals surface area contributed by atoms with Crippen LogP contribution in [0.25, 0.3) is 0 Å². The second kappa shape index (κ2) is 13.5. The highest BCUT2D eigenvalue weighted by molar-refractivity contribution is 7.92. The molecule has 1 N–H and O–H groups in total. The minimum absolute atomic E-state index is 0.0283. The molecule has 0 radical (unpaired) electrons. The molecule has 38 heavy (non-hydrogen) atoms. The average molecular weight is 587 g/mol. The van der Waals surface area contributed by atoms with Gasteiger partial charge < -0.3 is 15.0 Å². The molecule has 0 fully saturated rings. The molecule has 0 spiro atoms. The van der Waals surface area contributed by atoms with Gasteiger partial charge in [0.05, 0.1) is 19.1 Å². The van der Waals surface area contributed by atoms with E-state index in [-0.39, 0.29) is 37.7 Å². The van der Waals surface area contributed by atoms with Crippen LogP contribution in [0.5, 0.6) is 5.75 Å². The largest absolute Gasteiger partial charge is 0.497 e. The topological polar surface area (TPSA) is 96.0 Å². The van der Waals surface area contributed by atoms with Crippen LogP contribution in [0.2, 0.25) is 10.0 Å². The number of rotatable bonds is 12. The van der Waals surface area contributed by atoms with Gasteiger partial charge in [0.1, 0.15) is 11.8 Å². The van der Waals surface area contributed by atoms with E-state index in [9.17, 15) is 18.0 Å². The third-order valence-corrected chi connectivity index (χ3v) is 7.51. The molecule has 2 aromatic carbocycles. The Kier molecular flexibility index (Phi) is 11.3. The van der Waals surface area contributed by atoms with Crippen molar-refractivity contribution in [2.45, 2.75) is 65.1 Å². The van der Waals surface area contributed by atoms with Crippen LogP contribution < -0.4 is 14.4 Å². The Labute approximate surface area is 236 Å². The number of nitrogens with one attached hydrogen (secondary N) is 1. The number of nitrogens with zero attached hydrogens (tertiary/aromatic N) is 2. The molecule has 2 rings (SSSR count). The molecule has 0 aliphatic carbocycles. The zero-order valence-electron chi connectivity index (χ0n) is 22.8. The monoisotopic (exact) mass is 585 g/mol. The second-order valence-electron chi connectivity index (χ2n) is 10.1. The maximum atomic E-state index is 13.6. The number of amides is 2. The van der Waals surface area contributed by atoms with Crippen molar-refractivity contribution in [1.82, 2.24) is 10.2 Å². The summed E-state index contributed by atoms with van der Waals surface area (Å²) in [6, 6.07) is 11.0. The third kappa shape index (κ3) is 9.36. The number of carbonyl (C=O) groups excluding carboxylic acids is 2. The SMILES string of the molecule is CC[C@@H](C(=O)NC(C)(C)C)N(Cc1ccc(Cl)cc1Cl)C(=O)CCCN(c1cccc(OC)c1)S(C)(=O)=O. The lowest BCUT2D eigenvalue weighted by molar-refractivity contribution is -0.142. The summed E-state index contributed by atoms with van der Waals surface area (Å²) in [5.41, 5.74) is 0.616. The highest BCUT2D eigenvalue weighted by Crippen LogP contribution is 2.26. The Hall–Kier alpha value is -2.49. The van der Waals surface area contributed by atoms with Crippen molar-refractivity contribution in [3.05, 3.63) is 58.1 Å². The molecule has 0 aromatic heterocycles. The molecule has 0 aliphatic heterocycles. The molecule has 1 atom stereocenters. The van der Waals surface area contributed by atoms with Gasteiger partial charge in [0.15, 0.2) is 0 Å². The van der Waals surface area contributed by atoms with Crippen molar-refractivity contribution in [3.8, 4) is 5.75 Å².